The fourth-order valence-electron chi connectivity index (χ4n) is 2.22. The molecule has 0 unspecified atom stereocenters. The van der Waals surface area contributed by atoms with Crippen molar-refractivity contribution in [2.75, 3.05) is 0 Å². The molecule has 6 heteroatoms. The highest BCUT2D eigenvalue weighted by molar-refractivity contribution is 7.09. The Balaban J connectivity index is 1.61. The van der Waals surface area contributed by atoms with Crippen LogP contribution in [0.3, 0.4) is 0 Å². The number of thiazole rings is 1. The minimum absolute atomic E-state index is 0.0734. The van der Waals surface area contributed by atoms with Crippen molar-refractivity contribution in [3.8, 4) is 5.75 Å². The first-order chi connectivity index (χ1) is 11.6. The van der Waals surface area contributed by atoms with Crippen LogP contribution in [0.25, 0.3) is 6.08 Å². The van der Waals surface area contributed by atoms with Crippen LogP contribution in [-0.2, 0) is 13.7 Å². The average molecular weight is 339 g/mol. The van der Waals surface area contributed by atoms with Crippen molar-refractivity contribution in [1.29, 1.82) is 0 Å². The van der Waals surface area contributed by atoms with Gasteiger partial charge in [0, 0.05) is 18.6 Å². The van der Waals surface area contributed by atoms with Crippen LogP contribution >= 0.6 is 11.3 Å². The molecule has 0 aliphatic heterocycles. The van der Waals surface area contributed by atoms with E-state index in [9.17, 15) is 4.79 Å². The number of rotatable bonds is 6. The highest BCUT2D eigenvalue weighted by Gasteiger charge is 2.09. The molecule has 0 aliphatic rings. The Hall–Kier alpha value is -2.73. The Morgan fingerprint density at radius 2 is 2.12 bits per heavy atom. The molecule has 0 atom stereocenters. The van der Waals surface area contributed by atoms with Gasteiger partial charge >= 0.3 is 0 Å². The summed E-state index contributed by atoms with van der Waals surface area (Å²) >= 11 is 1.51. The average Bonchev–Trinajstić information content (AvgIpc) is 3.17. The van der Waals surface area contributed by atoms with Gasteiger partial charge in [0.25, 0.3) is 0 Å². The Kier molecular flexibility index (Phi) is 4.86. The van der Waals surface area contributed by atoms with Crippen molar-refractivity contribution in [2.24, 2.45) is 7.05 Å². The minimum Gasteiger partial charge on any atom is -0.486 e. The second kappa shape index (κ2) is 7.23. The molecule has 0 fully saturated rings. The predicted molar refractivity (Wildman–Crippen MR) is 94.2 cm³/mol. The van der Waals surface area contributed by atoms with E-state index in [2.05, 4.69) is 10.1 Å². The fourth-order valence-corrected chi connectivity index (χ4v) is 2.90. The van der Waals surface area contributed by atoms with Crippen LogP contribution in [0.5, 0.6) is 5.75 Å². The molecule has 0 bridgehead atoms. The number of carbonyl (C=O) groups excluding carboxylic acids is 1. The molecule has 0 amide bonds. The number of ether oxygens (including phenoxy) is 1. The van der Waals surface area contributed by atoms with Crippen molar-refractivity contribution in [2.45, 2.75) is 13.5 Å². The minimum atomic E-state index is -0.0734. The van der Waals surface area contributed by atoms with Crippen LogP contribution in [0.2, 0.25) is 0 Å². The van der Waals surface area contributed by atoms with Crippen molar-refractivity contribution in [3.63, 3.8) is 0 Å². The summed E-state index contributed by atoms with van der Waals surface area (Å²) in [4.78, 5) is 16.6. The van der Waals surface area contributed by atoms with Crippen molar-refractivity contribution >= 4 is 23.2 Å². The molecule has 3 aromatic rings. The SMILES string of the molecule is Cc1nn(C)cc1C(=O)C=Cc1csc(COc2ccccc2)n1. The zero-order valence-electron chi connectivity index (χ0n) is 13.5. The maximum absolute atomic E-state index is 12.2. The number of hydrogen-bond acceptors (Lipinski definition) is 5. The molecule has 122 valence electrons. The first-order valence-electron chi connectivity index (χ1n) is 7.47. The lowest BCUT2D eigenvalue weighted by atomic mass is 10.1. The standard InChI is InChI=1S/C18H17N3O2S/c1-13-16(10-21(2)20-13)17(22)9-8-14-12-24-18(19-14)11-23-15-6-4-3-5-7-15/h3-10,12H,11H2,1-2H3. The number of ketones is 1. The quantitative estimate of drug-likeness (QED) is 0.508. The second-order valence-electron chi connectivity index (χ2n) is 5.27. The third kappa shape index (κ3) is 3.97. The van der Waals surface area contributed by atoms with Crippen molar-refractivity contribution in [1.82, 2.24) is 14.8 Å². The second-order valence-corrected chi connectivity index (χ2v) is 6.21. The van der Waals surface area contributed by atoms with Crippen LogP contribution in [-0.4, -0.2) is 20.5 Å². The van der Waals surface area contributed by atoms with E-state index in [4.69, 9.17) is 4.74 Å². The predicted octanol–water partition coefficient (Wildman–Crippen LogP) is 3.66. The Morgan fingerprint density at radius 3 is 2.83 bits per heavy atom. The van der Waals surface area contributed by atoms with Crippen molar-refractivity contribution in [3.05, 3.63) is 69.9 Å². The maximum Gasteiger partial charge on any atom is 0.189 e. The van der Waals surface area contributed by atoms with Gasteiger partial charge in [0.15, 0.2) is 5.78 Å². The largest absolute Gasteiger partial charge is 0.486 e. The molecule has 2 heterocycles. The Morgan fingerprint density at radius 1 is 1.33 bits per heavy atom. The molecule has 0 radical (unpaired) electrons. The number of benzene rings is 1. The molecule has 1 aromatic carbocycles. The topological polar surface area (TPSA) is 57.0 Å². The number of aromatic nitrogens is 3. The van der Waals surface area contributed by atoms with Crippen LogP contribution in [0, 0.1) is 6.92 Å². The van der Waals surface area contributed by atoms with Gasteiger partial charge in [-0.25, -0.2) is 4.98 Å². The van der Waals surface area contributed by atoms with E-state index in [-0.39, 0.29) is 5.78 Å². The van der Waals surface area contributed by atoms with Crippen LogP contribution in [0.4, 0.5) is 0 Å². The number of hydrogen-bond donors (Lipinski definition) is 0. The summed E-state index contributed by atoms with van der Waals surface area (Å²) in [6.45, 7) is 2.24. The molecule has 3 rings (SSSR count). The number of nitrogens with zero attached hydrogens (tertiary/aromatic N) is 3. The summed E-state index contributed by atoms with van der Waals surface area (Å²) in [6.07, 6.45) is 4.97. The van der Waals surface area contributed by atoms with Gasteiger partial charge in [-0.05, 0) is 31.2 Å². The third-order valence-electron chi connectivity index (χ3n) is 3.36. The zero-order valence-corrected chi connectivity index (χ0v) is 14.3. The van der Waals surface area contributed by atoms with Crippen molar-refractivity contribution < 1.29 is 9.53 Å². The normalized spacial score (nSPS) is 11.1. The van der Waals surface area contributed by atoms with Gasteiger partial charge in [-0.1, -0.05) is 18.2 Å². The van der Waals surface area contributed by atoms with Gasteiger partial charge in [-0.15, -0.1) is 11.3 Å². The summed E-state index contributed by atoms with van der Waals surface area (Å²) in [6, 6.07) is 9.61. The van der Waals surface area contributed by atoms with Crippen LogP contribution in [0.15, 0.2) is 48.0 Å². The lowest BCUT2D eigenvalue weighted by molar-refractivity contribution is 0.104. The van der Waals surface area contributed by atoms with Gasteiger partial charge in [0.2, 0.25) is 0 Å². The lowest BCUT2D eigenvalue weighted by Gasteiger charge is -2.02. The molecular formula is C18H17N3O2S. The van der Waals surface area contributed by atoms with Gasteiger partial charge in [-0.2, -0.15) is 5.10 Å². The first-order valence-corrected chi connectivity index (χ1v) is 8.34. The highest BCUT2D eigenvalue weighted by atomic mass is 32.1. The zero-order chi connectivity index (χ0) is 16.9. The summed E-state index contributed by atoms with van der Waals surface area (Å²) in [5.41, 5.74) is 2.08. The summed E-state index contributed by atoms with van der Waals surface area (Å²) in [5, 5.41) is 6.95. The maximum atomic E-state index is 12.2. The molecule has 0 N–H and O–H groups in total. The smallest absolute Gasteiger partial charge is 0.189 e. The number of allylic oxidation sites excluding steroid dienone is 1. The van der Waals surface area contributed by atoms with E-state index in [0.29, 0.717) is 12.2 Å². The summed E-state index contributed by atoms with van der Waals surface area (Å²) < 4.78 is 7.30. The fraction of sp³-hybridized carbons (Fsp3) is 0.167. The number of aryl methyl sites for hydroxylation is 2. The van der Waals surface area contributed by atoms with Gasteiger partial charge in [0.05, 0.1) is 17.0 Å². The third-order valence-corrected chi connectivity index (χ3v) is 4.20. The molecule has 5 nitrogen and oxygen atoms in total. The van der Waals surface area contributed by atoms with E-state index in [1.807, 2.05) is 42.6 Å². The molecule has 24 heavy (non-hydrogen) atoms. The van der Waals surface area contributed by atoms with E-state index in [1.165, 1.54) is 17.4 Å². The monoisotopic (exact) mass is 339 g/mol. The summed E-state index contributed by atoms with van der Waals surface area (Å²) in [5.74, 6) is 0.739. The van der Waals surface area contributed by atoms with E-state index in [1.54, 1.807) is 24.0 Å². The number of para-hydroxylation sites is 1. The van der Waals surface area contributed by atoms with Crippen LogP contribution in [0.1, 0.15) is 26.8 Å². The van der Waals surface area contributed by atoms with Gasteiger partial charge in [-0.3, -0.25) is 9.48 Å². The van der Waals surface area contributed by atoms with E-state index < -0.39 is 0 Å². The molecular weight excluding hydrogens is 322 g/mol. The Bertz CT molecular complexity index is 866. The van der Waals surface area contributed by atoms with E-state index in [0.717, 1.165) is 22.1 Å². The number of carbonyl (C=O) groups is 1. The molecule has 0 saturated carbocycles. The van der Waals surface area contributed by atoms with E-state index >= 15 is 0 Å². The first kappa shape index (κ1) is 16.1. The Labute approximate surface area is 144 Å². The summed E-state index contributed by atoms with van der Waals surface area (Å²) in [7, 11) is 1.80. The van der Waals surface area contributed by atoms with Crippen LogP contribution < -0.4 is 4.74 Å². The molecule has 0 aliphatic carbocycles. The highest BCUT2D eigenvalue weighted by Crippen LogP contribution is 2.16. The van der Waals surface area contributed by atoms with Gasteiger partial charge in [0.1, 0.15) is 17.4 Å². The molecule has 0 saturated heterocycles. The lowest BCUT2D eigenvalue weighted by Crippen LogP contribution is -1.95. The molecule has 2 aromatic heterocycles. The molecule has 0 spiro atoms. The van der Waals surface area contributed by atoms with Gasteiger partial charge < -0.3 is 4.74 Å².